The molecule has 116 valence electrons. The lowest BCUT2D eigenvalue weighted by molar-refractivity contribution is -0.122. The van der Waals surface area contributed by atoms with E-state index in [9.17, 15) is 14.7 Å². The van der Waals surface area contributed by atoms with Gasteiger partial charge in [-0.2, -0.15) is 0 Å². The normalized spacial score (nSPS) is 16.9. The fraction of sp³-hybridized carbons (Fsp3) is 0.667. The first-order chi connectivity index (χ1) is 9.89. The van der Waals surface area contributed by atoms with Crippen molar-refractivity contribution in [3.63, 3.8) is 0 Å². The Labute approximate surface area is 124 Å². The van der Waals surface area contributed by atoms with Gasteiger partial charge in [0.25, 0.3) is 5.56 Å². The van der Waals surface area contributed by atoms with Gasteiger partial charge in [0.15, 0.2) is 0 Å². The molecule has 1 aromatic heterocycles. The highest BCUT2D eigenvalue weighted by molar-refractivity contribution is 5.76. The van der Waals surface area contributed by atoms with Gasteiger partial charge in [-0.1, -0.05) is 12.8 Å². The van der Waals surface area contributed by atoms with Gasteiger partial charge in [-0.25, -0.2) is 4.98 Å². The highest BCUT2D eigenvalue weighted by Crippen LogP contribution is 2.28. The van der Waals surface area contributed by atoms with E-state index in [0.29, 0.717) is 30.0 Å². The standard InChI is InChI=1S/C15H23N3O3/c1-10-12(14(20)18-11(2)17-10)5-6-13(19)16-9-15(21)7-3-4-8-15/h21H,3-9H2,1-2H3,(H,16,19)(H,17,18,20). The average molecular weight is 293 g/mol. The predicted octanol–water partition coefficient (Wildman–Crippen LogP) is 0.741. The first kappa shape index (κ1) is 15.7. The molecule has 0 atom stereocenters. The van der Waals surface area contributed by atoms with Crippen LogP contribution in [0, 0.1) is 13.8 Å². The number of aryl methyl sites for hydroxylation is 2. The lowest BCUT2D eigenvalue weighted by Gasteiger charge is -2.22. The third-order valence-electron chi connectivity index (χ3n) is 4.09. The molecule has 21 heavy (non-hydrogen) atoms. The van der Waals surface area contributed by atoms with Gasteiger partial charge in [-0.3, -0.25) is 9.59 Å². The van der Waals surface area contributed by atoms with E-state index >= 15 is 0 Å². The second-order valence-electron chi connectivity index (χ2n) is 5.92. The van der Waals surface area contributed by atoms with E-state index < -0.39 is 5.60 Å². The number of nitrogens with one attached hydrogen (secondary N) is 2. The van der Waals surface area contributed by atoms with E-state index in [2.05, 4.69) is 15.3 Å². The number of nitrogens with zero attached hydrogens (tertiary/aromatic N) is 1. The molecule has 1 aliphatic carbocycles. The van der Waals surface area contributed by atoms with Crippen molar-refractivity contribution in [2.45, 2.75) is 58.0 Å². The van der Waals surface area contributed by atoms with Gasteiger partial charge in [0.1, 0.15) is 5.82 Å². The number of aromatic nitrogens is 2. The molecule has 1 saturated carbocycles. The molecule has 0 aliphatic heterocycles. The number of hydrogen-bond acceptors (Lipinski definition) is 4. The lowest BCUT2D eigenvalue weighted by Crippen LogP contribution is -2.40. The number of H-pyrrole nitrogens is 1. The molecule has 1 fully saturated rings. The Morgan fingerprint density at radius 2 is 2.05 bits per heavy atom. The molecular weight excluding hydrogens is 270 g/mol. The molecule has 6 nitrogen and oxygen atoms in total. The van der Waals surface area contributed by atoms with Crippen molar-refractivity contribution in [3.05, 3.63) is 27.4 Å². The molecule has 3 N–H and O–H groups in total. The minimum absolute atomic E-state index is 0.144. The van der Waals surface area contributed by atoms with Crippen molar-refractivity contribution in [2.24, 2.45) is 0 Å². The maximum atomic E-state index is 11.8. The molecule has 0 unspecified atom stereocenters. The smallest absolute Gasteiger partial charge is 0.254 e. The minimum atomic E-state index is -0.742. The van der Waals surface area contributed by atoms with E-state index in [1.54, 1.807) is 13.8 Å². The first-order valence-corrected chi connectivity index (χ1v) is 7.45. The van der Waals surface area contributed by atoms with Crippen molar-refractivity contribution in [1.29, 1.82) is 0 Å². The van der Waals surface area contributed by atoms with Crippen molar-refractivity contribution >= 4 is 5.91 Å². The molecule has 1 heterocycles. The number of hydrogen-bond donors (Lipinski definition) is 3. The summed E-state index contributed by atoms with van der Waals surface area (Å²) in [6.45, 7) is 3.80. The molecule has 6 heteroatoms. The molecular formula is C15H23N3O3. The zero-order chi connectivity index (χ0) is 15.5. The fourth-order valence-corrected chi connectivity index (χ4v) is 2.85. The Morgan fingerprint density at radius 3 is 2.67 bits per heavy atom. The van der Waals surface area contributed by atoms with E-state index in [4.69, 9.17) is 0 Å². The molecule has 2 rings (SSSR count). The number of rotatable bonds is 5. The summed E-state index contributed by atoms with van der Waals surface area (Å²) < 4.78 is 0. The Balaban J connectivity index is 1.85. The van der Waals surface area contributed by atoms with Crippen LogP contribution in [0.15, 0.2) is 4.79 Å². The highest BCUT2D eigenvalue weighted by Gasteiger charge is 2.31. The summed E-state index contributed by atoms with van der Waals surface area (Å²) in [6.07, 6.45) is 4.09. The third kappa shape index (κ3) is 4.14. The molecule has 0 spiro atoms. The number of carbonyl (C=O) groups is 1. The van der Waals surface area contributed by atoms with Crippen LogP contribution in [-0.4, -0.2) is 33.1 Å². The van der Waals surface area contributed by atoms with Gasteiger partial charge in [-0.15, -0.1) is 0 Å². The van der Waals surface area contributed by atoms with Crippen molar-refractivity contribution < 1.29 is 9.90 Å². The van der Waals surface area contributed by atoms with E-state index in [1.165, 1.54) is 0 Å². The lowest BCUT2D eigenvalue weighted by atomic mass is 10.0. The van der Waals surface area contributed by atoms with Gasteiger partial charge in [-0.05, 0) is 33.1 Å². The number of amides is 1. The highest BCUT2D eigenvalue weighted by atomic mass is 16.3. The maximum absolute atomic E-state index is 11.8. The minimum Gasteiger partial charge on any atom is -0.388 e. The number of carbonyl (C=O) groups excluding carboxylic acids is 1. The van der Waals surface area contributed by atoms with Crippen LogP contribution >= 0.6 is 0 Å². The Kier molecular flexibility index (Phi) is 4.77. The topological polar surface area (TPSA) is 95.1 Å². The van der Waals surface area contributed by atoms with Crippen molar-refractivity contribution in [1.82, 2.24) is 15.3 Å². The fourth-order valence-electron chi connectivity index (χ4n) is 2.85. The third-order valence-corrected chi connectivity index (χ3v) is 4.09. The summed E-state index contributed by atoms with van der Waals surface area (Å²) in [5.41, 5.74) is 0.296. The van der Waals surface area contributed by atoms with E-state index in [0.717, 1.165) is 25.7 Å². The van der Waals surface area contributed by atoms with E-state index in [-0.39, 0.29) is 17.9 Å². The van der Waals surface area contributed by atoms with Gasteiger partial charge < -0.3 is 15.4 Å². The van der Waals surface area contributed by atoms with Crippen LogP contribution in [0.25, 0.3) is 0 Å². The molecule has 1 amide bonds. The summed E-state index contributed by atoms with van der Waals surface area (Å²) in [6, 6.07) is 0. The van der Waals surface area contributed by atoms with Crippen LogP contribution in [0.3, 0.4) is 0 Å². The SMILES string of the molecule is Cc1nc(C)c(CCC(=O)NCC2(O)CCCC2)c(=O)[nH]1. The van der Waals surface area contributed by atoms with Crippen molar-refractivity contribution in [3.8, 4) is 0 Å². The molecule has 0 aromatic carbocycles. The van der Waals surface area contributed by atoms with Crippen LogP contribution in [0.4, 0.5) is 0 Å². The second kappa shape index (κ2) is 6.39. The van der Waals surface area contributed by atoms with Gasteiger partial charge >= 0.3 is 0 Å². The molecule has 0 saturated heterocycles. The number of aliphatic hydroxyl groups is 1. The Hall–Kier alpha value is -1.69. The number of aromatic amines is 1. The Bertz CT molecular complexity index is 574. The monoisotopic (exact) mass is 293 g/mol. The van der Waals surface area contributed by atoms with Crippen LogP contribution in [0.5, 0.6) is 0 Å². The first-order valence-electron chi connectivity index (χ1n) is 7.45. The zero-order valence-corrected chi connectivity index (χ0v) is 12.7. The van der Waals surface area contributed by atoms with Gasteiger partial charge in [0, 0.05) is 24.2 Å². The quantitative estimate of drug-likeness (QED) is 0.746. The average Bonchev–Trinajstić information content (AvgIpc) is 2.82. The van der Waals surface area contributed by atoms with Crippen molar-refractivity contribution in [2.75, 3.05) is 6.54 Å². The summed E-state index contributed by atoms with van der Waals surface area (Å²) >= 11 is 0. The largest absolute Gasteiger partial charge is 0.388 e. The summed E-state index contributed by atoms with van der Waals surface area (Å²) in [4.78, 5) is 30.5. The van der Waals surface area contributed by atoms with Gasteiger partial charge in [0.2, 0.25) is 5.91 Å². The summed E-state index contributed by atoms with van der Waals surface area (Å²) in [5, 5.41) is 12.9. The summed E-state index contributed by atoms with van der Waals surface area (Å²) in [7, 11) is 0. The second-order valence-corrected chi connectivity index (χ2v) is 5.92. The van der Waals surface area contributed by atoms with Gasteiger partial charge in [0.05, 0.1) is 5.60 Å². The Morgan fingerprint density at radius 1 is 1.38 bits per heavy atom. The maximum Gasteiger partial charge on any atom is 0.254 e. The molecule has 0 bridgehead atoms. The predicted molar refractivity (Wildman–Crippen MR) is 79.1 cm³/mol. The van der Waals surface area contributed by atoms with Crippen LogP contribution in [0.2, 0.25) is 0 Å². The van der Waals surface area contributed by atoms with Crippen LogP contribution in [-0.2, 0) is 11.2 Å². The van der Waals surface area contributed by atoms with Crippen LogP contribution < -0.4 is 10.9 Å². The summed E-state index contributed by atoms with van der Waals surface area (Å²) in [5.74, 6) is 0.434. The zero-order valence-electron chi connectivity index (χ0n) is 12.7. The van der Waals surface area contributed by atoms with E-state index in [1.807, 2.05) is 0 Å². The molecule has 1 aromatic rings. The van der Waals surface area contributed by atoms with Crippen LogP contribution in [0.1, 0.15) is 49.2 Å². The molecule has 0 radical (unpaired) electrons. The molecule has 1 aliphatic rings.